The molecule has 2 aromatic carbocycles. The average molecular weight is 520 g/mol. The molecule has 2 fully saturated rings. The highest BCUT2D eigenvalue weighted by Crippen LogP contribution is 2.43. The van der Waals surface area contributed by atoms with Gasteiger partial charge in [0.05, 0.1) is 11.5 Å². The minimum absolute atomic E-state index is 0.165. The minimum atomic E-state index is -3.40. The van der Waals surface area contributed by atoms with Gasteiger partial charge in [0, 0.05) is 42.8 Å². The number of esters is 1. The Hall–Kier alpha value is -2.91. The van der Waals surface area contributed by atoms with Gasteiger partial charge in [0.2, 0.25) is 0 Å². The molecule has 0 aliphatic carbocycles. The molecular formula is C25H26ClNO7S. The zero-order valence-corrected chi connectivity index (χ0v) is 21.2. The number of carbonyl (C=O) groups excluding carboxylic acids is 3. The lowest BCUT2D eigenvalue weighted by Crippen LogP contribution is -2.50. The number of ketones is 1. The predicted molar refractivity (Wildman–Crippen MR) is 129 cm³/mol. The fourth-order valence-corrected chi connectivity index (χ4v) is 5.63. The van der Waals surface area contributed by atoms with Gasteiger partial charge in [-0.2, -0.15) is 0 Å². The van der Waals surface area contributed by atoms with Crippen molar-refractivity contribution in [3.63, 3.8) is 0 Å². The number of Topliss-reactive ketones (excluding diaryl/α,β-unsaturated/α-hetero) is 1. The first kappa shape index (κ1) is 25.2. The molecule has 4 rings (SSSR count). The van der Waals surface area contributed by atoms with E-state index in [4.69, 9.17) is 21.1 Å². The number of hydrogen-bond donors (Lipinski definition) is 0. The number of benzene rings is 2. The van der Waals surface area contributed by atoms with Crippen LogP contribution < -0.4 is 0 Å². The summed E-state index contributed by atoms with van der Waals surface area (Å²) in [6, 6.07) is 9.75. The van der Waals surface area contributed by atoms with Gasteiger partial charge < -0.3 is 14.4 Å². The number of aryl methyl sites for hydroxylation is 1. The fraction of sp³-hybridized carbons (Fsp3) is 0.400. The van der Waals surface area contributed by atoms with E-state index < -0.39 is 33.4 Å². The molecule has 1 unspecified atom stereocenters. The van der Waals surface area contributed by atoms with Gasteiger partial charge in [0.15, 0.2) is 21.2 Å². The Morgan fingerprint density at radius 2 is 1.89 bits per heavy atom. The number of piperidine rings is 1. The minimum Gasteiger partial charge on any atom is -0.450 e. The highest BCUT2D eigenvalue weighted by molar-refractivity contribution is 7.90. The molecule has 2 aliphatic rings. The van der Waals surface area contributed by atoms with Crippen LogP contribution in [0, 0.1) is 6.92 Å². The molecule has 2 heterocycles. The topological polar surface area (TPSA) is 107 Å². The van der Waals surface area contributed by atoms with Gasteiger partial charge >= 0.3 is 12.1 Å². The molecule has 1 amide bonds. The number of nitrogens with zero attached hydrogens (tertiary/aromatic N) is 1. The maximum absolute atomic E-state index is 13.5. The first-order valence-electron chi connectivity index (χ1n) is 11.3. The van der Waals surface area contributed by atoms with Crippen molar-refractivity contribution in [2.45, 2.75) is 43.1 Å². The molecule has 186 valence electrons. The summed E-state index contributed by atoms with van der Waals surface area (Å²) >= 11 is 6.57. The van der Waals surface area contributed by atoms with E-state index in [9.17, 15) is 22.8 Å². The molecule has 0 radical (unpaired) electrons. The van der Waals surface area contributed by atoms with Crippen LogP contribution in [0.2, 0.25) is 5.02 Å². The van der Waals surface area contributed by atoms with Crippen molar-refractivity contribution in [2.24, 2.45) is 0 Å². The van der Waals surface area contributed by atoms with Crippen LogP contribution in [0.3, 0.4) is 0 Å². The van der Waals surface area contributed by atoms with Crippen LogP contribution in [0.15, 0.2) is 41.3 Å². The number of amides is 1. The lowest BCUT2D eigenvalue weighted by Gasteiger charge is -2.36. The van der Waals surface area contributed by atoms with Crippen LogP contribution in [0.25, 0.3) is 11.1 Å². The van der Waals surface area contributed by atoms with Gasteiger partial charge in [0.1, 0.15) is 5.92 Å². The quantitative estimate of drug-likeness (QED) is 0.445. The average Bonchev–Trinajstić information content (AvgIpc) is 3.04. The molecule has 0 saturated carbocycles. The van der Waals surface area contributed by atoms with Crippen molar-refractivity contribution in [3.05, 3.63) is 52.5 Å². The maximum atomic E-state index is 13.5. The molecule has 2 aromatic rings. The molecule has 35 heavy (non-hydrogen) atoms. The zero-order valence-electron chi connectivity index (χ0n) is 19.7. The van der Waals surface area contributed by atoms with Crippen LogP contribution in [-0.2, 0) is 28.9 Å². The van der Waals surface area contributed by atoms with Crippen molar-refractivity contribution in [1.82, 2.24) is 4.90 Å². The summed E-state index contributed by atoms with van der Waals surface area (Å²) in [7, 11) is -3.40. The molecule has 2 aliphatic heterocycles. The number of rotatable bonds is 4. The Morgan fingerprint density at radius 1 is 1.20 bits per heavy atom. The Morgan fingerprint density at radius 3 is 2.51 bits per heavy atom. The third-order valence-electron chi connectivity index (χ3n) is 6.58. The molecule has 0 N–H and O–H groups in total. The van der Waals surface area contributed by atoms with E-state index in [0.29, 0.717) is 22.3 Å². The van der Waals surface area contributed by atoms with Crippen LogP contribution in [-0.4, -0.2) is 62.7 Å². The molecule has 2 saturated heterocycles. The third kappa shape index (κ3) is 4.67. The van der Waals surface area contributed by atoms with E-state index >= 15 is 0 Å². The van der Waals surface area contributed by atoms with E-state index in [0.717, 1.165) is 6.26 Å². The van der Waals surface area contributed by atoms with E-state index in [1.54, 1.807) is 38.1 Å². The summed E-state index contributed by atoms with van der Waals surface area (Å²) in [5.41, 5.74) is 1.04. The van der Waals surface area contributed by atoms with Crippen LogP contribution in [0.5, 0.6) is 0 Å². The third-order valence-corrected chi connectivity index (χ3v) is 8.00. The predicted octanol–water partition coefficient (Wildman–Crippen LogP) is 3.92. The smallest absolute Gasteiger partial charge is 0.409 e. The molecule has 0 aromatic heterocycles. The lowest BCUT2D eigenvalue weighted by atomic mass is 9.80. The van der Waals surface area contributed by atoms with Crippen molar-refractivity contribution < 1.29 is 32.3 Å². The summed E-state index contributed by atoms with van der Waals surface area (Å²) in [5.74, 6) is -2.08. The highest BCUT2D eigenvalue weighted by Gasteiger charge is 2.57. The van der Waals surface area contributed by atoms with Crippen molar-refractivity contribution >= 4 is 39.3 Å². The zero-order chi connectivity index (χ0) is 25.5. The Balaban J connectivity index is 1.62. The second kappa shape index (κ2) is 9.28. The number of sulfone groups is 1. The SMILES string of the molecule is CCOC(=O)N1CCC2(CC1)OC(=O)C(c1cc(Cl)c(-c3cccc(S(C)(=O)=O)c3)cc1C)C2=O. The number of carbonyl (C=O) groups is 3. The van der Waals surface area contributed by atoms with E-state index in [1.165, 1.54) is 17.0 Å². The summed E-state index contributed by atoms with van der Waals surface area (Å²) in [5, 5.41) is 0.287. The summed E-state index contributed by atoms with van der Waals surface area (Å²) in [4.78, 5) is 40.0. The lowest BCUT2D eigenvalue weighted by molar-refractivity contribution is -0.156. The van der Waals surface area contributed by atoms with E-state index in [2.05, 4.69) is 0 Å². The first-order chi connectivity index (χ1) is 16.5. The van der Waals surface area contributed by atoms with Gasteiger partial charge in [-0.15, -0.1) is 0 Å². The molecular weight excluding hydrogens is 494 g/mol. The van der Waals surface area contributed by atoms with Gasteiger partial charge in [-0.1, -0.05) is 23.7 Å². The summed E-state index contributed by atoms with van der Waals surface area (Å²) in [6.07, 6.45) is 1.09. The van der Waals surface area contributed by atoms with Gasteiger partial charge in [-0.3, -0.25) is 9.59 Å². The first-order valence-corrected chi connectivity index (χ1v) is 13.5. The van der Waals surface area contributed by atoms with Crippen molar-refractivity contribution in [1.29, 1.82) is 0 Å². The van der Waals surface area contributed by atoms with Crippen LogP contribution in [0.4, 0.5) is 4.79 Å². The Kier molecular flexibility index (Phi) is 6.68. The standard InChI is InChI=1S/C25H26ClNO7S/c1-4-33-24(30)27-10-8-25(9-11-27)22(28)21(23(29)34-25)18-14-20(26)19(12-15(18)2)16-6-5-7-17(13-16)35(3,31)32/h5-7,12-14,21H,4,8-11H2,1-3H3. The van der Waals surface area contributed by atoms with Crippen molar-refractivity contribution in [3.8, 4) is 11.1 Å². The second-order valence-corrected chi connectivity index (χ2v) is 11.3. The number of halogens is 1. The monoisotopic (exact) mass is 519 g/mol. The van der Waals surface area contributed by atoms with E-state index in [-0.39, 0.29) is 48.2 Å². The van der Waals surface area contributed by atoms with Crippen LogP contribution in [0.1, 0.15) is 36.8 Å². The largest absolute Gasteiger partial charge is 0.450 e. The molecule has 1 atom stereocenters. The number of ether oxygens (including phenoxy) is 2. The Labute approximate surface area is 209 Å². The fourth-order valence-electron chi connectivity index (χ4n) is 4.68. The van der Waals surface area contributed by atoms with Gasteiger partial charge in [-0.25, -0.2) is 13.2 Å². The summed E-state index contributed by atoms with van der Waals surface area (Å²) < 4.78 is 34.6. The van der Waals surface area contributed by atoms with Crippen molar-refractivity contribution in [2.75, 3.05) is 26.0 Å². The molecule has 0 bridgehead atoms. The number of hydrogen-bond acceptors (Lipinski definition) is 7. The Bertz CT molecular complexity index is 1310. The molecule has 10 heteroatoms. The molecule has 1 spiro atoms. The highest BCUT2D eigenvalue weighted by atomic mass is 35.5. The van der Waals surface area contributed by atoms with E-state index in [1.807, 2.05) is 0 Å². The second-order valence-electron chi connectivity index (χ2n) is 8.89. The molecule has 8 nitrogen and oxygen atoms in total. The normalized spacial score (nSPS) is 19.7. The summed E-state index contributed by atoms with van der Waals surface area (Å²) in [6.45, 7) is 4.24. The number of likely N-dealkylation sites (tertiary alicyclic amines) is 1. The van der Waals surface area contributed by atoms with Gasteiger partial charge in [-0.05, 0) is 54.8 Å². The maximum Gasteiger partial charge on any atom is 0.409 e. The van der Waals surface area contributed by atoms with Crippen LogP contribution >= 0.6 is 11.6 Å². The van der Waals surface area contributed by atoms with Gasteiger partial charge in [0.25, 0.3) is 0 Å².